The molecule has 0 aliphatic carbocycles. The maximum Gasteiger partial charge on any atom is 0.241 e. The maximum absolute atomic E-state index is 13.0. The second kappa shape index (κ2) is 4.44. The number of hydrogen-bond donors (Lipinski definition) is 1. The third kappa shape index (κ3) is 2.72. The van der Waals surface area contributed by atoms with Gasteiger partial charge in [0.05, 0.1) is 10.0 Å². The standard InChI is InChI=1S/C9H6Cl2FNO/c10-6-3-5(1-2-8(13)14)4-7(12)9(6)11/h1-4H,(H2,13,14). The number of nitrogens with two attached hydrogens (primary N) is 1. The van der Waals surface area contributed by atoms with Gasteiger partial charge in [-0.1, -0.05) is 23.2 Å². The zero-order valence-corrected chi connectivity index (χ0v) is 8.44. The molecule has 0 atom stereocenters. The lowest BCUT2D eigenvalue weighted by atomic mass is 10.2. The lowest BCUT2D eigenvalue weighted by molar-refractivity contribution is -0.113. The number of carbonyl (C=O) groups is 1. The summed E-state index contributed by atoms with van der Waals surface area (Å²) < 4.78 is 13.0. The molecule has 0 radical (unpaired) electrons. The van der Waals surface area contributed by atoms with Gasteiger partial charge in [-0.15, -0.1) is 0 Å². The van der Waals surface area contributed by atoms with Crippen LogP contribution in [0.1, 0.15) is 5.56 Å². The van der Waals surface area contributed by atoms with Crippen LogP contribution < -0.4 is 5.73 Å². The van der Waals surface area contributed by atoms with Gasteiger partial charge >= 0.3 is 0 Å². The first-order chi connectivity index (χ1) is 6.50. The fraction of sp³-hybridized carbons (Fsp3) is 0. The van der Waals surface area contributed by atoms with Crippen molar-refractivity contribution in [3.05, 3.63) is 39.6 Å². The SMILES string of the molecule is NC(=O)C=Cc1cc(F)c(Cl)c(Cl)c1. The van der Waals surface area contributed by atoms with E-state index in [9.17, 15) is 9.18 Å². The number of primary amides is 1. The van der Waals surface area contributed by atoms with Crippen LogP contribution in [0, 0.1) is 5.82 Å². The third-order valence-corrected chi connectivity index (χ3v) is 2.23. The highest BCUT2D eigenvalue weighted by molar-refractivity contribution is 6.42. The van der Waals surface area contributed by atoms with Crippen molar-refractivity contribution in [1.82, 2.24) is 0 Å². The van der Waals surface area contributed by atoms with Gasteiger partial charge in [-0.25, -0.2) is 4.39 Å². The van der Waals surface area contributed by atoms with Gasteiger partial charge in [0, 0.05) is 6.08 Å². The largest absolute Gasteiger partial charge is 0.366 e. The number of amides is 1. The van der Waals surface area contributed by atoms with Crippen molar-refractivity contribution in [3.8, 4) is 0 Å². The minimum absolute atomic E-state index is 0.0933. The first-order valence-electron chi connectivity index (χ1n) is 3.63. The summed E-state index contributed by atoms with van der Waals surface area (Å²) in [5.74, 6) is -1.25. The van der Waals surface area contributed by atoms with E-state index in [4.69, 9.17) is 28.9 Å². The molecule has 1 rings (SSSR count). The number of hydrogen-bond acceptors (Lipinski definition) is 1. The van der Waals surface area contributed by atoms with Crippen LogP contribution in [-0.4, -0.2) is 5.91 Å². The number of rotatable bonds is 2. The predicted octanol–water partition coefficient (Wildman–Crippen LogP) is 2.63. The van der Waals surface area contributed by atoms with Crippen molar-refractivity contribution in [1.29, 1.82) is 0 Å². The molecule has 5 heteroatoms. The van der Waals surface area contributed by atoms with E-state index in [-0.39, 0.29) is 10.0 Å². The summed E-state index contributed by atoms with van der Waals surface area (Å²) in [6.45, 7) is 0. The summed E-state index contributed by atoms with van der Waals surface area (Å²) in [7, 11) is 0. The van der Waals surface area contributed by atoms with Crippen LogP contribution >= 0.6 is 23.2 Å². The molecule has 0 fully saturated rings. The van der Waals surface area contributed by atoms with Gasteiger partial charge in [0.15, 0.2) is 0 Å². The van der Waals surface area contributed by atoms with Crippen molar-refractivity contribution >= 4 is 35.2 Å². The Bertz CT molecular complexity index is 381. The molecule has 1 aromatic rings. The van der Waals surface area contributed by atoms with Crippen LogP contribution in [-0.2, 0) is 4.79 Å². The first-order valence-corrected chi connectivity index (χ1v) is 4.38. The van der Waals surface area contributed by atoms with Gasteiger partial charge < -0.3 is 5.73 Å². The van der Waals surface area contributed by atoms with Crippen LogP contribution in [0.15, 0.2) is 18.2 Å². The van der Waals surface area contributed by atoms with Crippen LogP contribution in [0.5, 0.6) is 0 Å². The normalized spacial score (nSPS) is 10.8. The molecule has 2 nitrogen and oxygen atoms in total. The van der Waals surface area contributed by atoms with Crippen molar-refractivity contribution in [2.75, 3.05) is 0 Å². The van der Waals surface area contributed by atoms with E-state index in [0.717, 1.165) is 12.1 Å². The van der Waals surface area contributed by atoms with E-state index >= 15 is 0 Å². The predicted molar refractivity (Wildman–Crippen MR) is 54.6 cm³/mol. The molecule has 0 spiro atoms. The Hall–Kier alpha value is -1.06. The molecule has 0 bridgehead atoms. The molecule has 1 aromatic carbocycles. The second-order valence-corrected chi connectivity index (χ2v) is 3.32. The first kappa shape index (κ1) is 11.0. The van der Waals surface area contributed by atoms with Crippen LogP contribution in [0.25, 0.3) is 6.08 Å². The van der Waals surface area contributed by atoms with Crippen molar-refractivity contribution < 1.29 is 9.18 Å². The highest BCUT2D eigenvalue weighted by Crippen LogP contribution is 2.26. The van der Waals surface area contributed by atoms with E-state index in [0.29, 0.717) is 5.56 Å². The van der Waals surface area contributed by atoms with Gasteiger partial charge in [-0.05, 0) is 23.8 Å². The van der Waals surface area contributed by atoms with Gasteiger partial charge in [-0.3, -0.25) is 4.79 Å². The zero-order chi connectivity index (χ0) is 10.7. The molecule has 2 N–H and O–H groups in total. The van der Waals surface area contributed by atoms with E-state index in [1.54, 1.807) is 0 Å². The Morgan fingerprint density at radius 3 is 2.57 bits per heavy atom. The van der Waals surface area contributed by atoms with Gasteiger partial charge in [0.2, 0.25) is 5.91 Å². The quantitative estimate of drug-likeness (QED) is 0.620. The Morgan fingerprint density at radius 1 is 1.43 bits per heavy atom. The van der Waals surface area contributed by atoms with E-state index in [1.807, 2.05) is 0 Å². The maximum atomic E-state index is 13.0. The van der Waals surface area contributed by atoms with Crippen molar-refractivity contribution in [2.45, 2.75) is 0 Å². The molecule has 0 saturated heterocycles. The summed E-state index contributed by atoms with van der Waals surface area (Å²) in [5, 5.41) is -0.0429. The lowest BCUT2D eigenvalue weighted by Crippen LogP contribution is -2.05. The summed E-state index contributed by atoms with van der Waals surface area (Å²) in [4.78, 5) is 10.4. The second-order valence-electron chi connectivity index (χ2n) is 2.53. The van der Waals surface area contributed by atoms with Crippen LogP contribution in [0.3, 0.4) is 0 Å². The van der Waals surface area contributed by atoms with E-state index in [1.165, 1.54) is 12.1 Å². The average Bonchev–Trinajstić information content (AvgIpc) is 2.10. The molecule has 0 aromatic heterocycles. The van der Waals surface area contributed by atoms with Gasteiger partial charge in [0.25, 0.3) is 0 Å². The molecular formula is C9H6Cl2FNO. The summed E-state index contributed by atoms with van der Waals surface area (Å²) in [6, 6.07) is 2.60. The van der Waals surface area contributed by atoms with Gasteiger partial charge in [0.1, 0.15) is 5.82 Å². The highest BCUT2D eigenvalue weighted by Gasteiger charge is 2.05. The molecule has 0 aliphatic heterocycles. The summed E-state index contributed by atoms with van der Waals surface area (Å²) in [5.41, 5.74) is 5.29. The molecule has 1 amide bonds. The fourth-order valence-corrected chi connectivity index (χ4v) is 1.18. The third-order valence-electron chi connectivity index (χ3n) is 1.45. The molecule has 0 aliphatic rings. The molecule has 74 valence electrons. The van der Waals surface area contributed by atoms with E-state index in [2.05, 4.69) is 0 Å². The molecular weight excluding hydrogens is 228 g/mol. The molecule has 14 heavy (non-hydrogen) atoms. The van der Waals surface area contributed by atoms with Crippen LogP contribution in [0.4, 0.5) is 4.39 Å². The van der Waals surface area contributed by atoms with Gasteiger partial charge in [-0.2, -0.15) is 0 Å². The number of benzene rings is 1. The minimum atomic E-state index is -0.636. The Labute approximate surface area is 90.1 Å². The average molecular weight is 234 g/mol. The summed E-state index contributed by atoms with van der Waals surface area (Å²) in [6.07, 6.45) is 2.46. The van der Waals surface area contributed by atoms with Crippen LogP contribution in [0.2, 0.25) is 10.0 Å². The molecule has 0 heterocycles. The Kier molecular flexibility index (Phi) is 3.49. The highest BCUT2D eigenvalue weighted by atomic mass is 35.5. The van der Waals surface area contributed by atoms with Crippen molar-refractivity contribution in [3.63, 3.8) is 0 Å². The molecule has 0 unspecified atom stereocenters. The fourth-order valence-electron chi connectivity index (χ4n) is 0.850. The van der Waals surface area contributed by atoms with Crippen molar-refractivity contribution in [2.24, 2.45) is 5.73 Å². The lowest BCUT2D eigenvalue weighted by Gasteiger charge is -1.99. The Balaban J connectivity index is 3.07. The minimum Gasteiger partial charge on any atom is -0.366 e. The Morgan fingerprint density at radius 2 is 2.07 bits per heavy atom. The smallest absolute Gasteiger partial charge is 0.241 e. The van der Waals surface area contributed by atoms with E-state index < -0.39 is 11.7 Å². The molecule has 0 saturated carbocycles. The summed E-state index contributed by atoms with van der Waals surface area (Å²) >= 11 is 11.1. The monoisotopic (exact) mass is 233 g/mol. The number of halogens is 3. The number of carbonyl (C=O) groups excluding carboxylic acids is 1. The zero-order valence-electron chi connectivity index (χ0n) is 6.93. The topological polar surface area (TPSA) is 43.1 Å².